The maximum atomic E-state index is 13.4. The van der Waals surface area contributed by atoms with Crippen molar-refractivity contribution in [2.75, 3.05) is 41.0 Å². The van der Waals surface area contributed by atoms with Crippen LogP contribution < -0.4 is 24.3 Å². The molecule has 1 fully saturated rings. The Labute approximate surface area is 216 Å². The summed E-state index contributed by atoms with van der Waals surface area (Å²) in [5.41, 5.74) is 3.72. The lowest BCUT2D eigenvalue weighted by Crippen LogP contribution is -2.28. The van der Waals surface area contributed by atoms with Gasteiger partial charge in [-0.1, -0.05) is 36.4 Å². The van der Waals surface area contributed by atoms with E-state index in [-0.39, 0.29) is 31.5 Å². The Bertz CT molecular complexity index is 1240. The van der Waals surface area contributed by atoms with Gasteiger partial charge < -0.3 is 33.7 Å². The van der Waals surface area contributed by atoms with Crippen molar-refractivity contribution in [1.82, 2.24) is 5.32 Å². The molecule has 8 heteroatoms. The first-order valence-electron chi connectivity index (χ1n) is 12.3. The topological polar surface area (TPSA) is 84.5 Å². The molecule has 3 aromatic carbocycles. The molecule has 37 heavy (non-hydrogen) atoms. The predicted molar refractivity (Wildman–Crippen MR) is 137 cm³/mol. The fraction of sp³-hybridized carbons (Fsp3) is 0.345. The highest BCUT2D eigenvalue weighted by molar-refractivity contribution is 5.78. The molecule has 0 radical (unpaired) electrons. The van der Waals surface area contributed by atoms with Gasteiger partial charge in [0.25, 0.3) is 0 Å². The highest BCUT2D eigenvalue weighted by Crippen LogP contribution is 2.47. The zero-order chi connectivity index (χ0) is 25.8. The molecule has 0 saturated carbocycles. The summed E-state index contributed by atoms with van der Waals surface area (Å²) in [4.78, 5) is 13.4. The summed E-state index contributed by atoms with van der Waals surface area (Å²) < 4.78 is 33.4. The van der Waals surface area contributed by atoms with Crippen LogP contribution in [0.1, 0.15) is 30.0 Å². The zero-order valence-corrected chi connectivity index (χ0v) is 21.2. The Morgan fingerprint density at radius 1 is 1.03 bits per heavy atom. The molecule has 3 unspecified atom stereocenters. The molecule has 194 valence electrons. The molecule has 5 rings (SSSR count). The summed E-state index contributed by atoms with van der Waals surface area (Å²) in [5.74, 6) is 1.97. The number of carbonyl (C=O) groups excluding carboxylic acids is 1. The third-order valence-electron chi connectivity index (χ3n) is 6.84. The fourth-order valence-corrected chi connectivity index (χ4v) is 5.13. The van der Waals surface area contributed by atoms with Crippen LogP contribution in [0, 0.1) is 5.92 Å². The largest absolute Gasteiger partial charge is 0.497 e. The fourth-order valence-electron chi connectivity index (χ4n) is 5.13. The van der Waals surface area contributed by atoms with E-state index in [2.05, 4.69) is 5.32 Å². The van der Waals surface area contributed by atoms with Crippen LogP contribution in [-0.4, -0.2) is 46.9 Å². The minimum absolute atomic E-state index is 0.0720. The Morgan fingerprint density at radius 3 is 2.59 bits per heavy atom. The molecule has 0 spiro atoms. The van der Waals surface area contributed by atoms with Gasteiger partial charge in [-0.3, -0.25) is 4.79 Å². The van der Waals surface area contributed by atoms with Crippen LogP contribution in [0.4, 0.5) is 0 Å². The molecule has 8 nitrogen and oxygen atoms in total. The monoisotopic (exact) mass is 505 g/mol. The van der Waals surface area contributed by atoms with Crippen molar-refractivity contribution in [2.45, 2.75) is 18.9 Å². The Morgan fingerprint density at radius 2 is 1.84 bits per heavy atom. The number of para-hydroxylation sites is 1. The molecule has 0 amide bonds. The van der Waals surface area contributed by atoms with Gasteiger partial charge in [0.1, 0.15) is 11.5 Å². The number of hydrogen-bond acceptors (Lipinski definition) is 8. The number of carbonyl (C=O) groups is 1. The number of rotatable bonds is 9. The minimum Gasteiger partial charge on any atom is -0.497 e. The van der Waals surface area contributed by atoms with E-state index in [0.29, 0.717) is 30.4 Å². The minimum atomic E-state index is -0.476. The number of ether oxygens (including phenoxy) is 6. The van der Waals surface area contributed by atoms with Gasteiger partial charge in [-0.2, -0.15) is 0 Å². The lowest BCUT2D eigenvalue weighted by atomic mass is 9.82. The van der Waals surface area contributed by atoms with E-state index < -0.39 is 5.92 Å². The molecule has 2 heterocycles. The van der Waals surface area contributed by atoms with E-state index >= 15 is 0 Å². The van der Waals surface area contributed by atoms with Crippen molar-refractivity contribution < 1.29 is 33.2 Å². The standard InChI is InChI=1S/C29H31NO7/c1-4-34-29(31)26-23(19-10-13-24-25(14-19)36-17-35-24)15-30-27(26)22-7-5-6-21(28(22)37-16-32-2)18-8-11-20(33-3)12-9-18/h5-14,23,26-27,30H,4,15-17H2,1-3H3. The highest BCUT2D eigenvalue weighted by Gasteiger charge is 2.45. The molecule has 1 N–H and O–H groups in total. The van der Waals surface area contributed by atoms with E-state index in [4.69, 9.17) is 28.4 Å². The van der Waals surface area contributed by atoms with Gasteiger partial charge in [-0.15, -0.1) is 0 Å². The van der Waals surface area contributed by atoms with Crippen molar-refractivity contribution in [1.29, 1.82) is 0 Å². The number of benzene rings is 3. The highest BCUT2D eigenvalue weighted by atomic mass is 16.7. The summed E-state index contributed by atoms with van der Waals surface area (Å²) in [7, 11) is 3.22. The maximum absolute atomic E-state index is 13.4. The van der Waals surface area contributed by atoms with Crippen LogP contribution in [0.2, 0.25) is 0 Å². The van der Waals surface area contributed by atoms with Crippen molar-refractivity contribution in [3.63, 3.8) is 0 Å². The SMILES string of the molecule is CCOC(=O)C1C(c2ccc3c(c2)OCO3)CNC1c1cccc(-c2ccc(OC)cc2)c1OCOC. The van der Waals surface area contributed by atoms with Crippen molar-refractivity contribution in [3.8, 4) is 34.1 Å². The molecular weight excluding hydrogens is 474 g/mol. The molecule has 1 saturated heterocycles. The van der Waals surface area contributed by atoms with Crippen LogP contribution >= 0.6 is 0 Å². The van der Waals surface area contributed by atoms with Gasteiger partial charge in [0.05, 0.1) is 19.6 Å². The Kier molecular flexibility index (Phi) is 7.48. The van der Waals surface area contributed by atoms with Gasteiger partial charge in [0.2, 0.25) is 6.79 Å². The van der Waals surface area contributed by atoms with E-state index in [1.807, 2.05) is 67.6 Å². The number of fused-ring (bicyclic) bond motifs is 1. The van der Waals surface area contributed by atoms with E-state index in [1.165, 1.54) is 0 Å². The Balaban J connectivity index is 1.56. The molecular formula is C29H31NO7. The van der Waals surface area contributed by atoms with E-state index in [0.717, 1.165) is 28.0 Å². The van der Waals surface area contributed by atoms with Crippen LogP contribution in [0.15, 0.2) is 60.7 Å². The second-order valence-electron chi connectivity index (χ2n) is 8.89. The normalized spacial score (nSPS) is 20.0. The molecule has 3 atom stereocenters. The molecule has 0 aliphatic carbocycles. The van der Waals surface area contributed by atoms with Crippen molar-refractivity contribution in [2.24, 2.45) is 5.92 Å². The van der Waals surface area contributed by atoms with Crippen LogP contribution in [0.5, 0.6) is 23.0 Å². The van der Waals surface area contributed by atoms with Crippen LogP contribution in [-0.2, 0) is 14.3 Å². The Hall–Kier alpha value is -3.75. The van der Waals surface area contributed by atoms with Gasteiger partial charge in [-0.05, 0) is 42.3 Å². The van der Waals surface area contributed by atoms with Gasteiger partial charge >= 0.3 is 5.97 Å². The average Bonchev–Trinajstić information content (AvgIpc) is 3.59. The molecule has 0 aromatic heterocycles. The van der Waals surface area contributed by atoms with Gasteiger partial charge in [-0.25, -0.2) is 0 Å². The molecule has 0 bridgehead atoms. The van der Waals surface area contributed by atoms with Gasteiger partial charge in [0, 0.05) is 36.7 Å². The average molecular weight is 506 g/mol. The van der Waals surface area contributed by atoms with E-state index in [9.17, 15) is 4.79 Å². The van der Waals surface area contributed by atoms with Gasteiger partial charge in [0.15, 0.2) is 18.3 Å². The first kappa shape index (κ1) is 24.9. The quantitative estimate of drug-likeness (QED) is 0.332. The summed E-state index contributed by atoms with van der Waals surface area (Å²) >= 11 is 0. The lowest BCUT2D eigenvalue weighted by molar-refractivity contribution is -0.148. The third-order valence-corrected chi connectivity index (χ3v) is 6.84. The number of esters is 1. The number of nitrogens with one attached hydrogen (secondary N) is 1. The van der Waals surface area contributed by atoms with Crippen molar-refractivity contribution >= 4 is 5.97 Å². The summed E-state index contributed by atoms with van der Waals surface area (Å²) in [6.07, 6.45) is 0. The summed E-state index contributed by atoms with van der Waals surface area (Å²) in [5, 5.41) is 3.58. The van der Waals surface area contributed by atoms with Crippen molar-refractivity contribution in [3.05, 3.63) is 71.8 Å². The second kappa shape index (κ2) is 11.1. The van der Waals surface area contributed by atoms with E-state index in [1.54, 1.807) is 14.2 Å². The molecule has 2 aliphatic heterocycles. The summed E-state index contributed by atoms with van der Waals surface area (Å²) in [6, 6.07) is 19.3. The first-order chi connectivity index (χ1) is 18.1. The smallest absolute Gasteiger partial charge is 0.311 e. The summed E-state index contributed by atoms with van der Waals surface area (Å²) in [6.45, 7) is 2.98. The number of hydrogen-bond donors (Lipinski definition) is 1. The maximum Gasteiger partial charge on any atom is 0.311 e. The zero-order valence-electron chi connectivity index (χ0n) is 21.2. The van der Waals surface area contributed by atoms with Crippen LogP contribution in [0.3, 0.4) is 0 Å². The third kappa shape index (κ3) is 4.95. The molecule has 3 aromatic rings. The second-order valence-corrected chi connectivity index (χ2v) is 8.89. The number of methoxy groups -OCH3 is 2. The molecule has 2 aliphatic rings. The predicted octanol–water partition coefficient (Wildman–Crippen LogP) is 4.68. The first-order valence-corrected chi connectivity index (χ1v) is 12.3. The van der Waals surface area contributed by atoms with Crippen LogP contribution in [0.25, 0.3) is 11.1 Å². The lowest BCUT2D eigenvalue weighted by Gasteiger charge is -2.26.